The van der Waals surface area contributed by atoms with Crippen molar-refractivity contribution in [1.82, 2.24) is 0 Å². The molecule has 1 saturated carbocycles. The third-order valence-corrected chi connectivity index (χ3v) is 7.27. The van der Waals surface area contributed by atoms with E-state index < -0.39 is 0 Å². The normalized spacial score (nSPS) is 17.8. The van der Waals surface area contributed by atoms with Crippen LogP contribution in [0.15, 0.2) is 56.9 Å². The van der Waals surface area contributed by atoms with E-state index in [1.165, 1.54) is 24.6 Å². The van der Waals surface area contributed by atoms with Crippen LogP contribution in [0, 0.1) is 0 Å². The van der Waals surface area contributed by atoms with E-state index in [4.69, 9.17) is 33.2 Å². The van der Waals surface area contributed by atoms with Gasteiger partial charge in [-0.3, -0.25) is 9.79 Å². The van der Waals surface area contributed by atoms with E-state index in [1.54, 1.807) is 18.2 Å². The Morgan fingerprint density at radius 2 is 1.65 bits per heavy atom. The molecule has 0 saturated heterocycles. The number of anilines is 1. The summed E-state index contributed by atoms with van der Waals surface area (Å²) < 4.78 is 1.02. The van der Waals surface area contributed by atoms with Gasteiger partial charge in [0.05, 0.1) is 11.5 Å². The smallest absolute Gasteiger partial charge is 0.234 e. The van der Waals surface area contributed by atoms with Gasteiger partial charge < -0.3 is 5.32 Å². The van der Waals surface area contributed by atoms with Crippen LogP contribution in [-0.4, -0.2) is 28.1 Å². The molecular formula is C23H22BrCl2N3OS. The Hall–Kier alpha value is -1.34. The molecule has 2 aromatic carbocycles. The first-order valence-electron chi connectivity index (χ1n) is 10.3. The van der Waals surface area contributed by atoms with Crippen molar-refractivity contribution >= 4 is 73.2 Å². The Labute approximate surface area is 205 Å². The Kier molecular flexibility index (Phi) is 7.42. The summed E-state index contributed by atoms with van der Waals surface area (Å²) in [5.74, 6) is 0.0946. The van der Waals surface area contributed by atoms with Crippen molar-refractivity contribution in [2.75, 3.05) is 11.1 Å². The molecule has 2 aromatic rings. The van der Waals surface area contributed by atoms with Crippen molar-refractivity contribution in [3.05, 3.63) is 62.5 Å². The maximum absolute atomic E-state index is 12.6. The summed E-state index contributed by atoms with van der Waals surface area (Å²) in [7, 11) is 0. The van der Waals surface area contributed by atoms with E-state index in [0.29, 0.717) is 15.7 Å². The molecule has 1 N–H and O–H groups in total. The third-order valence-electron chi connectivity index (χ3n) is 5.34. The Balaban J connectivity index is 1.52. The van der Waals surface area contributed by atoms with Crippen LogP contribution in [-0.2, 0) is 4.79 Å². The lowest BCUT2D eigenvalue weighted by Gasteiger charge is -2.20. The second-order valence-electron chi connectivity index (χ2n) is 7.78. The number of aliphatic imine (C=N–C) groups is 2. The fourth-order valence-electron chi connectivity index (χ4n) is 3.89. The molecule has 1 fully saturated rings. The highest BCUT2D eigenvalue weighted by Gasteiger charge is 2.37. The minimum atomic E-state index is -0.377. The largest absolute Gasteiger partial charge is 0.325 e. The molecule has 1 heterocycles. The van der Waals surface area contributed by atoms with Crippen molar-refractivity contribution in [3.63, 3.8) is 0 Å². The number of hydrogen-bond donors (Lipinski definition) is 1. The topological polar surface area (TPSA) is 53.8 Å². The quantitative estimate of drug-likeness (QED) is 0.441. The van der Waals surface area contributed by atoms with Crippen LogP contribution in [0.25, 0.3) is 0 Å². The van der Waals surface area contributed by atoms with Gasteiger partial charge in [0.25, 0.3) is 0 Å². The number of carbonyl (C=O) groups excluding carboxylic acids is 1. The highest BCUT2D eigenvalue weighted by atomic mass is 79.9. The summed E-state index contributed by atoms with van der Waals surface area (Å²) in [6, 6.07) is 13.1. The summed E-state index contributed by atoms with van der Waals surface area (Å²) >= 11 is 17.0. The molecular weight excluding hydrogens is 517 g/mol. The van der Waals surface area contributed by atoms with Crippen molar-refractivity contribution < 1.29 is 4.79 Å². The first-order chi connectivity index (χ1) is 14.9. The van der Waals surface area contributed by atoms with Crippen molar-refractivity contribution in [3.8, 4) is 0 Å². The van der Waals surface area contributed by atoms with E-state index in [2.05, 4.69) is 21.2 Å². The number of benzene rings is 2. The van der Waals surface area contributed by atoms with Crippen LogP contribution >= 0.6 is 50.9 Å². The molecule has 1 aliphatic carbocycles. The summed E-state index contributed by atoms with van der Waals surface area (Å²) in [6.45, 7) is 0. The molecule has 2 aliphatic rings. The number of rotatable bonds is 4. The van der Waals surface area contributed by atoms with Crippen molar-refractivity contribution in [2.45, 2.75) is 44.2 Å². The van der Waals surface area contributed by atoms with Gasteiger partial charge in [0.2, 0.25) is 5.91 Å². The Morgan fingerprint density at radius 1 is 1.00 bits per heavy atom. The van der Waals surface area contributed by atoms with Crippen LogP contribution in [0.4, 0.5) is 5.69 Å². The van der Waals surface area contributed by atoms with Gasteiger partial charge in [0, 0.05) is 25.8 Å². The van der Waals surface area contributed by atoms with E-state index in [0.717, 1.165) is 46.5 Å². The maximum Gasteiger partial charge on any atom is 0.234 e. The molecule has 162 valence electrons. The summed E-state index contributed by atoms with van der Waals surface area (Å²) in [6.07, 6.45) is 6.65. The molecule has 0 atom stereocenters. The molecule has 0 unspecified atom stereocenters. The van der Waals surface area contributed by atoms with Crippen molar-refractivity contribution in [2.24, 2.45) is 9.98 Å². The highest BCUT2D eigenvalue weighted by molar-refractivity contribution is 9.10. The zero-order valence-corrected chi connectivity index (χ0v) is 20.8. The molecule has 8 heteroatoms. The molecule has 31 heavy (non-hydrogen) atoms. The van der Waals surface area contributed by atoms with E-state index >= 15 is 0 Å². The van der Waals surface area contributed by atoms with Crippen LogP contribution in [0.5, 0.6) is 0 Å². The van der Waals surface area contributed by atoms with Crippen LogP contribution in [0.3, 0.4) is 0 Å². The number of nitrogens with zero attached hydrogens (tertiary/aromatic N) is 2. The number of thioether (sulfide) groups is 1. The number of hydrogen-bond acceptors (Lipinski definition) is 4. The first kappa shape index (κ1) is 22.8. The zero-order valence-electron chi connectivity index (χ0n) is 16.8. The van der Waals surface area contributed by atoms with Crippen LogP contribution < -0.4 is 5.32 Å². The fourth-order valence-corrected chi connectivity index (χ4v) is 5.56. The van der Waals surface area contributed by atoms with Gasteiger partial charge in [-0.2, -0.15) is 0 Å². The number of amides is 1. The lowest BCUT2D eigenvalue weighted by atomic mass is 10.0. The van der Waals surface area contributed by atoms with Crippen molar-refractivity contribution in [1.29, 1.82) is 0 Å². The van der Waals surface area contributed by atoms with Gasteiger partial charge in [0.1, 0.15) is 5.04 Å². The molecule has 0 aromatic heterocycles. The van der Waals surface area contributed by atoms with Gasteiger partial charge in [-0.1, -0.05) is 75.9 Å². The minimum Gasteiger partial charge on any atom is -0.325 e. The van der Waals surface area contributed by atoms with E-state index in [1.807, 2.05) is 24.3 Å². The molecule has 1 aliphatic heterocycles. The summed E-state index contributed by atoms with van der Waals surface area (Å²) in [5.41, 5.74) is 2.12. The molecule has 0 bridgehead atoms. The predicted octanol–water partition coefficient (Wildman–Crippen LogP) is 7.38. The molecule has 4 nitrogen and oxygen atoms in total. The lowest BCUT2D eigenvalue weighted by Crippen LogP contribution is -2.20. The van der Waals surface area contributed by atoms with Gasteiger partial charge in [-0.25, -0.2) is 4.99 Å². The van der Waals surface area contributed by atoms with Gasteiger partial charge in [-0.15, -0.1) is 0 Å². The molecule has 4 rings (SSSR count). The van der Waals surface area contributed by atoms with E-state index in [9.17, 15) is 4.79 Å². The maximum atomic E-state index is 12.6. The third kappa shape index (κ3) is 5.92. The SMILES string of the molecule is O=C(CSC1=NC2(CCCCCC2)N=C1c1ccc(Br)cc1)Nc1cc(Cl)cc(Cl)c1. The Bertz CT molecular complexity index is 1010. The standard InChI is InChI=1S/C23H22BrCl2N3OS/c24-16-7-5-15(6-8-16)21-22(29-23(28-21)9-3-1-2-4-10-23)31-14-20(30)27-19-12-17(25)11-18(26)13-19/h5-8,11-13H,1-4,9-10,14H2,(H,27,30). The number of halogens is 3. The second kappa shape index (κ2) is 10.1. The number of nitrogens with one attached hydrogen (secondary N) is 1. The summed E-state index contributed by atoms with van der Waals surface area (Å²) in [4.78, 5) is 22.8. The summed E-state index contributed by atoms with van der Waals surface area (Å²) in [5, 5.41) is 4.66. The average molecular weight is 539 g/mol. The minimum absolute atomic E-state index is 0.136. The fraction of sp³-hybridized carbons (Fsp3) is 0.348. The lowest BCUT2D eigenvalue weighted by molar-refractivity contribution is -0.113. The van der Waals surface area contributed by atoms with Crippen LogP contribution in [0.1, 0.15) is 44.1 Å². The predicted molar refractivity (Wildman–Crippen MR) is 136 cm³/mol. The van der Waals surface area contributed by atoms with Gasteiger partial charge >= 0.3 is 0 Å². The van der Waals surface area contributed by atoms with E-state index in [-0.39, 0.29) is 17.3 Å². The molecule has 1 spiro atoms. The monoisotopic (exact) mass is 537 g/mol. The van der Waals surface area contributed by atoms with Crippen LogP contribution in [0.2, 0.25) is 10.0 Å². The average Bonchev–Trinajstić information content (AvgIpc) is 2.91. The Morgan fingerprint density at radius 3 is 2.29 bits per heavy atom. The highest BCUT2D eigenvalue weighted by Crippen LogP contribution is 2.38. The number of carbonyl (C=O) groups is 1. The molecule has 1 amide bonds. The van der Waals surface area contributed by atoms with Gasteiger partial charge in [0.15, 0.2) is 5.66 Å². The first-order valence-corrected chi connectivity index (χ1v) is 12.8. The molecule has 0 radical (unpaired) electrons. The zero-order chi connectivity index (χ0) is 21.8. The second-order valence-corrected chi connectivity index (χ2v) is 10.5. The van der Waals surface area contributed by atoms with Gasteiger partial charge in [-0.05, 0) is 56.0 Å².